The van der Waals surface area contributed by atoms with Crippen molar-refractivity contribution in [2.24, 2.45) is 7.05 Å². The Morgan fingerprint density at radius 2 is 1.91 bits per heavy atom. The van der Waals surface area contributed by atoms with Crippen molar-refractivity contribution in [3.8, 4) is 11.5 Å². The van der Waals surface area contributed by atoms with E-state index < -0.39 is 0 Å². The van der Waals surface area contributed by atoms with Gasteiger partial charge in [0.05, 0.1) is 25.3 Å². The second kappa shape index (κ2) is 5.97. The first kappa shape index (κ1) is 14.3. The molecule has 1 aromatic heterocycles. The van der Waals surface area contributed by atoms with Gasteiger partial charge in [-0.25, -0.2) is 4.98 Å². The fraction of sp³-hybridized carbons (Fsp3) is 0.235. The summed E-state index contributed by atoms with van der Waals surface area (Å²) in [5.74, 6) is 2.41. The maximum atomic E-state index is 5.42. The van der Waals surface area contributed by atoms with Gasteiger partial charge in [-0.1, -0.05) is 12.1 Å². The highest BCUT2D eigenvalue weighted by molar-refractivity contribution is 5.78. The van der Waals surface area contributed by atoms with Crippen LogP contribution in [0.5, 0.6) is 11.5 Å². The molecule has 5 nitrogen and oxygen atoms in total. The number of rotatable bonds is 5. The van der Waals surface area contributed by atoms with E-state index in [4.69, 9.17) is 9.47 Å². The maximum Gasteiger partial charge on any atom is 0.203 e. The molecule has 0 atom stereocenters. The van der Waals surface area contributed by atoms with Crippen molar-refractivity contribution in [3.05, 3.63) is 48.0 Å². The molecule has 1 N–H and O–H groups in total. The number of hydrogen-bond donors (Lipinski definition) is 1. The Labute approximate surface area is 129 Å². The van der Waals surface area contributed by atoms with E-state index in [-0.39, 0.29) is 0 Å². The van der Waals surface area contributed by atoms with Crippen LogP contribution >= 0.6 is 0 Å². The second-order valence-electron chi connectivity index (χ2n) is 5.01. The largest absolute Gasteiger partial charge is 0.497 e. The van der Waals surface area contributed by atoms with Gasteiger partial charge in [0.25, 0.3) is 0 Å². The van der Waals surface area contributed by atoms with Gasteiger partial charge >= 0.3 is 0 Å². The predicted molar refractivity (Wildman–Crippen MR) is 87.6 cm³/mol. The minimum atomic E-state index is 0.629. The predicted octanol–water partition coefficient (Wildman–Crippen LogP) is 3.20. The Bertz CT molecular complexity index is 796. The normalized spacial score (nSPS) is 10.7. The molecule has 0 unspecified atom stereocenters. The lowest BCUT2D eigenvalue weighted by atomic mass is 10.2. The number of anilines is 1. The van der Waals surface area contributed by atoms with Gasteiger partial charge in [0.2, 0.25) is 5.95 Å². The van der Waals surface area contributed by atoms with Crippen molar-refractivity contribution in [2.45, 2.75) is 6.54 Å². The summed E-state index contributed by atoms with van der Waals surface area (Å²) in [6.07, 6.45) is 0. The molecule has 1 heterocycles. The highest BCUT2D eigenvalue weighted by Crippen LogP contribution is 2.25. The summed E-state index contributed by atoms with van der Waals surface area (Å²) in [6.45, 7) is 0.629. The zero-order valence-corrected chi connectivity index (χ0v) is 13.0. The van der Waals surface area contributed by atoms with Gasteiger partial charge in [0.1, 0.15) is 11.5 Å². The number of para-hydroxylation sites is 2. The van der Waals surface area contributed by atoms with Crippen molar-refractivity contribution in [1.82, 2.24) is 9.55 Å². The molecule has 5 heteroatoms. The first-order valence-electron chi connectivity index (χ1n) is 7.09. The van der Waals surface area contributed by atoms with Crippen molar-refractivity contribution < 1.29 is 9.47 Å². The molecule has 0 radical (unpaired) electrons. The Kier molecular flexibility index (Phi) is 3.87. The number of hydrogen-bond acceptors (Lipinski definition) is 4. The van der Waals surface area contributed by atoms with Crippen LogP contribution in [0.2, 0.25) is 0 Å². The molecule has 0 aliphatic carbocycles. The lowest BCUT2D eigenvalue weighted by Gasteiger charge is -2.11. The zero-order chi connectivity index (χ0) is 15.5. The number of imidazole rings is 1. The second-order valence-corrected chi connectivity index (χ2v) is 5.01. The molecule has 3 aromatic rings. The van der Waals surface area contributed by atoms with E-state index in [1.54, 1.807) is 14.2 Å². The maximum absolute atomic E-state index is 5.42. The highest BCUT2D eigenvalue weighted by Gasteiger charge is 2.09. The number of nitrogens with zero attached hydrogens (tertiary/aromatic N) is 2. The summed E-state index contributed by atoms with van der Waals surface area (Å²) in [7, 11) is 5.31. The van der Waals surface area contributed by atoms with Crippen LogP contribution in [-0.2, 0) is 13.6 Å². The fourth-order valence-corrected chi connectivity index (χ4v) is 2.48. The molecule has 0 aliphatic rings. The average Bonchev–Trinajstić information content (AvgIpc) is 2.89. The lowest BCUT2D eigenvalue weighted by molar-refractivity contribution is 0.391. The molecule has 2 aromatic carbocycles. The highest BCUT2D eigenvalue weighted by atomic mass is 16.5. The average molecular weight is 297 g/mol. The van der Waals surface area contributed by atoms with Gasteiger partial charge in [-0.05, 0) is 24.3 Å². The molecule has 0 fully saturated rings. The minimum absolute atomic E-state index is 0.629. The summed E-state index contributed by atoms with van der Waals surface area (Å²) in [4.78, 5) is 4.60. The van der Waals surface area contributed by atoms with Gasteiger partial charge in [0.15, 0.2) is 0 Å². The van der Waals surface area contributed by atoms with E-state index in [1.807, 2.05) is 48.0 Å². The third-order valence-corrected chi connectivity index (χ3v) is 3.72. The number of benzene rings is 2. The smallest absolute Gasteiger partial charge is 0.203 e. The SMILES string of the molecule is COc1ccc(CNc2nc3ccccc3n2C)c(OC)c1. The van der Waals surface area contributed by atoms with Gasteiger partial charge in [-0.3, -0.25) is 0 Å². The molecule has 0 saturated carbocycles. The van der Waals surface area contributed by atoms with E-state index in [1.165, 1.54) is 0 Å². The van der Waals surface area contributed by atoms with Gasteiger partial charge in [0, 0.05) is 25.2 Å². The molecule has 0 spiro atoms. The van der Waals surface area contributed by atoms with Crippen molar-refractivity contribution in [2.75, 3.05) is 19.5 Å². The van der Waals surface area contributed by atoms with E-state index in [0.29, 0.717) is 6.54 Å². The van der Waals surface area contributed by atoms with E-state index in [0.717, 1.165) is 34.0 Å². The molecule has 3 rings (SSSR count). The molecule has 0 aliphatic heterocycles. The molecular formula is C17H19N3O2. The topological polar surface area (TPSA) is 48.3 Å². The summed E-state index contributed by atoms with van der Waals surface area (Å²) < 4.78 is 12.7. The van der Waals surface area contributed by atoms with Gasteiger partial charge in [-0.2, -0.15) is 0 Å². The van der Waals surface area contributed by atoms with Crippen molar-refractivity contribution >= 4 is 17.0 Å². The van der Waals surface area contributed by atoms with Gasteiger partial charge < -0.3 is 19.4 Å². The zero-order valence-electron chi connectivity index (χ0n) is 13.0. The minimum Gasteiger partial charge on any atom is -0.497 e. The first-order valence-corrected chi connectivity index (χ1v) is 7.09. The van der Waals surface area contributed by atoms with Crippen LogP contribution in [0.25, 0.3) is 11.0 Å². The Hall–Kier alpha value is -2.69. The molecule has 0 amide bonds. The molecule has 0 bridgehead atoms. The van der Waals surface area contributed by atoms with Crippen LogP contribution in [0, 0.1) is 0 Å². The number of ether oxygens (including phenoxy) is 2. The number of methoxy groups -OCH3 is 2. The standard InChI is InChI=1S/C17H19N3O2/c1-20-15-7-5-4-6-14(15)19-17(20)18-11-12-8-9-13(21-2)10-16(12)22-3/h4-10H,11H2,1-3H3,(H,18,19). The number of nitrogens with one attached hydrogen (secondary N) is 1. The summed E-state index contributed by atoms with van der Waals surface area (Å²) in [5, 5.41) is 3.36. The third kappa shape index (κ3) is 2.57. The number of aryl methyl sites for hydroxylation is 1. The number of aromatic nitrogens is 2. The third-order valence-electron chi connectivity index (χ3n) is 3.72. The fourth-order valence-electron chi connectivity index (χ4n) is 2.48. The lowest BCUT2D eigenvalue weighted by Crippen LogP contribution is -2.06. The summed E-state index contributed by atoms with van der Waals surface area (Å²) in [5.41, 5.74) is 3.14. The quantitative estimate of drug-likeness (QED) is 0.785. The van der Waals surface area contributed by atoms with Crippen LogP contribution in [0.15, 0.2) is 42.5 Å². The van der Waals surface area contributed by atoms with Crippen LogP contribution in [0.1, 0.15) is 5.56 Å². The first-order chi connectivity index (χ1) is 10.7. The Morgan fingerprint density at radius 3 is 2.64 bits per heavy atom. The summed E-state index contributed by atoms with van der Waals surface area (Å²) >= 11 is 0. The Balaban J connectivity index is 1.83. The van der Waals surface area contributed by atoms with E-state index in [2.05, 4.69) is 16.4 Å². The summed E-state index contributed by atoms with van der Waals surface area (Å²) in [6, 6.07) is 13.9. The van der Waals surface area contributed by atoms with Crippen LogP contribution in [-0.4, -0.2) is 23.8 Å². The van der Waals surface area contributed by atoms with Crippen LogP contribution in [0.3, 0.4) is 0 Å². The van der Waals surface area contributed by atoms with Gasteiger partial charge in [-0.15, -0.1) is 0 Å². The van der Waals surface area contributed by atoms with Crippen LogP contribution in [0.4, 0.5) is 5.95 Å². The van der Waals surface area contributed by atoms with E-state index >= 15 is 0 Å². The van der Waals surface area contributed by atoms with Crippen molar-refractivity contribution in [3.63, 3.8) is 0 Å². The molecule has 22 heavy (non-hydrogen) atoms. The van der Waals surface area contributed by atoms with Crippen LogP contribution < -0.4 is 14.8 Å². The molecule has 114 valence electrons. The number of fused-ring (bicyclic) bond motifs is 1. The molecular weight excluding hydrogens is 278 g/mol. The Morgan fingerprint density at radius 1 is 1.09 bits per heavy atom. The monoisotopic (exact) mass is 297 g/mol. The molecule has 0 saturated heterocycles. The van der Waals surface area contributed by atoms with Crippen molar-refractivity contribution in [1.29, 1.82) is 0 Å². The van der Waals surface area contributed by atoms with E-state index in [9.17, 15) is 0 Å².